The number of hydrogen-bond donors (Lipinski definition) is 3. The maximum absolute atomic E-state index is 15.0. The number of pyridine rings is 1. The number of anilines is 4. The van der Waals surface area contributed by atoms with Crippen LogP contribution in [0.15, 0.2) is 29.2 Å². The highest BCUT2D eigenvalue weighted by Gasteiger charge is 2.51. The van der Waals surface area contributed by atoms with Crippen LogP contribution in [-0.2, 0) is 11.8 Å². The lowest BCUT2D eigenvalue weighted by atomic mass is 9.92. The summed E-state index contributed by atoms with van der Waals surface area (Å²) in [5, 5.41) is 17.3. The Morgan fingerprint density at radius 2 is 1.98 bits per heavy atom. The molecule has 10 nitrogen and oxygen atoms in total. The van der Waals surface area contributed by atoms with Crippen LogP contribution in [0.2, 0.25) is 5.02 Å². The predicted molar refractivity (Wildman–Crippen MR) is 146 cm³/mol. The van der Waals surface area contributed by atoms with Gasteiger partial charge in [-0.2, -0.15) is 4.98 Å². The van der Waals surface area contributed by atoms with E-state index in [-0.39, 0.29) is 35.5 Å². The van der Waals surface area contributed by atoms with Crippen molar-refractivity contribution in [2.45, 2.75) is 55.8 Å². The van der Waals surface area contributed by atoms with E-state index in [9.17, 15) is 18.7 Å². The molecule has 1 aliphatic carbocycles. The van der Waals surface area contributed by atoms with Crippen molar-refractivity contribution in [2.75, 3.05) is 35.4 Å². The maximum Gasteiger partial charge on any atom is 0.301 e. The second-order valence-electron chi connectivity index (χ2n) is 11.2. The molecule has 2 aromatic heterocycles. The number of halogens is 3. The molecule has 3 aliphatic heterocycles. The largest absolute Gasteiger partial charge is 0.480 e. The summed E-state index contributed by atoms with van der Waals surface area (Å²) in [6, 6.07) is 4.09. The zero-order valence-corrected chi connectivity index (χ0v) is 22.5. The fourth-order valence-corrected chi connectivity index (χ4v) is 6.34. The molecule has 1 aromatic carbocycles. The number of aliphatic hydroxyl groups excluding tert-OH is 1. The fraction of sp³-hybridized carbons (Fsp3) is 0.519. The van der Waals surface area contributed by atoms with Crippen molar-refractivity contribution in [1.29, 1.82) is 0 Å². The lowest BCUT2D eigenvalue weighted by Crippen LogP contribution is -2.59. The molecule has 4 atom stereocenters. The number of benzene rings is 1. The van der Waals surface area contributed by atoms with E-state index < -0.39 is 24.1 Å². The summed E-state index contributed by atoms with van der Waals surface area (Å²) in [7, 11) is 1.59. The molecule has 3 fully saturated rings. The van der Waals surface area contributed by atoms with E-state index in [2.05, 4.69) is 20.5 Å². The van der Waals surface area contributed by atoms with Gasteiger partial charge in [0.15, 0.2) is 12.4 Å². The van der Waals surface area contributed by atoms with E-state index in [0.29, 0.717) is 72.3 Å². The summed E-state index contributed by atoms with van der Waals surface area (Å²) in [5.41, 5.74) is 0.954. The van der Waals surface area contributed by atoms with E-state index in [4.69, 9.17) is 26.1 Å². The van der Waals surface area contributed by atoms with E-state index in [1.54, 1.807) is 25.2 Å². The fourth-order valence-electron chi connectivity index (χ4n) is 6.21. The van der Waals surface area contributed by atoms with Crippen LogP contribution in [0.3, 0.4) is 0 Å². The van der Waals surface area contributed by atoms with Gasteiger partial charge in [0.05, 0.1) is 54.8 Å². The average Bonchev–Trinajstić information content (AvgIpc) is 3.76. The van der Waals surface area contributed by atoms with Crippen LogP contribution in [-0.4, -0.2) is 69.6 Å². The van der Waals surface area contributed by atoms with Crippen molar-refractivity contribution >= 4 is 45.6 Å². The second kappa shape index (κ2) is 9.42. The number of morpholine rings is 1. The van der Waals surface area contributed by atoms with E-state index in [0.717, 1.165) is 0 Å². The number of ether oxygens (including phenoxy) is 2. The predicted octanol–water partition coefficient (Wildman–Crippen LogP) is 3.67. The number of aryl methyl sites for hydroxylation is 1. The van der Waals surface area contributed by atoms with Crippen LogP contribution in [0.5, 0.6) is 5.75 Å². The molecule has 0 spiro atoms. The number of piperidine rings is 1. The van der Waals surface area contributed by atoms with Crippen LogP contribution in [0, 0.1) is 5.92 Å². The van der Waals surface area contributed by atoms with Crippen molar-refractivity contribution in [3.63, 3.8) is 0 Å². The molecule has 3 aromatic rings. The Morgan fingerprint density at radius 1 is 1.23 bits per heavy atom. The minimum atomic E-state index is -3.12. The highest BCUT2D eigenvalue weighted by Crippen LogP contribution is 2.45. The molecule has 7 rings (SSSR count). The molecule has 13 heteroatoms. The molecule has 4 aliphatic rings. The van der Waals surface area contributed by atoms with Gasteiger partial charge in [0.25, 0.3) is 5.56 Å². The smallest absolute Gasteiger partial charge is 0.301 e. The number of nitrogens with one attached hydrogen (secondary N) is 2. The monoisotopic (exact) mass is 574 g/mol. The zero-order valence-electron chi connectivity index (χ0n) is 21.7. The summed E-state index contributed by atoms with van der Waals surface area (Å²) >= 11 is 6.49. The number of nitrogens with zero attached hydrogens (tertiary/aromatic N) is 4. The summed E-state index contributed by atoms with van der Waals surface area (Å²) in [6.07, 6.45) is 3.68. The van der Waals surface area contributed by atoms with Gasteiger partial charge in [-0.3, -0.25) is 4.79 Å². The maximum atomic E-state index is 15.0. The van der Waals surface area contributed by atoms with Gasteiger partial charge < -0.3 is 34.7 Å². The quantitative estimate of drug-likeness (QED) is 0.429. The normalized spacial score (nSPS) is 27.4. The standard InChI is InChI=1S/C27H29ClF2N6O4/c1-35-20-5-4-14(6-18(20)21-22(25(35)38)40-12-27(29,30)23(33-21)13-2-3-13)32-24-19(28)9-31-26(34-24)36-15-7-17(37)8-16(36)11-39-10-15/h4-6,9,13,15-17,23,33,37H,2-3,7-8,10-12H2,1H3,(H,31,32,34)/t15-,16+,17?,23?. The van der Waals surface area contributed by atoms with E-state index in [1.165, 1.54) is 10.8 Å². The molecular formula is C27H29ClF2N6O4. The number of fused-ring (bicyclic) bond motifs is 5. The van der Waals surface area contributed by atoms with Crippen molar-refractivity contribution in [2.24, 2.45) is 13.0 Å². The molecule has 0 amide bonds. The molecule has 2 bridgehead atoms. The minimum Gasteiger partial charge on any atom is -0.480 e. The van der Waals surface area contributed by atoms with Crippen LogP contribution in [0.4, 0.5) is 31.9 Å². The number of alkyl halides is 2. The summed E-state index contributed by atoms with van der Waals surface area (Å²) < 4.78 is 42.5. The van der Waals surface area contributed by atoms with Gasteiger partial charge >= 0.3 is 5.92 Å². The SMILES string of the molecule is Cn1c(=O)c2c(c3cc(Nc4nc(N5[C@@H]6COC[C@H]5CC(O)C6)ncc4Cl)ccc31)NC(C1CC1)C(F)(F)CO2. The first kappa shape index (κ1) is 25.7. The van der Waals surface area contributed by atoms with Gasteiger partial charge in [0.2, 0.25) is 11.7 Å². The van der Waals surface area contributed by atoms with Crippen molar-refractivity contribution in [1.82, 2.24) is 14.5 Å². The third kappa shape index (κ3) is 4.33. The molecular weight excluding hydrogens is 546 g/mol. The second-order valence-corrected chi connectivity index (χ2v) is 11.6. The van der Waals surface area contributed by atoms with Crippen molar-refractivity contribution in [3.05, 3.63) is 39.8 Å². The van der Waals surface area contributed by atoms with Gasteiger partial charge in [-0.1, -0.05) is 11.6 Å². The first-order chi connectivity index (χ1) is 19.2. The topological polar surface area (TPSA) is 114 Å². The molecule has 2 saturated heterocycles. The minimum absolute atomic E-state index is 0.0439. The lowest BCUT2D eigenvalue weighted by molar-refractivity contribution is -0.0579. The Bertz CT molecular complexity index is 1540. The Kier molecular flexibility index (Phi) is 6.06. The number of aliphatic hydroxyl groups is 1. The average molecular weight is 575 g/mol. The first-order valence-corrected chi connectivity index (χ1v) is 13.8. The van der Waals surface area contributed by atoms with Crippen molar-refractivity contribution < 1.29 is 23.4 Å². The molecule has 3 N–H and O–H groups in total. The molecule has 40 heavy (non-hydrogen) atoms. The molecule has 5 heterocycles. The number of aromatic nitrogens is 3. The third-order valence-electron chi connectivity index (χ3n) is 8.33. The summed E-state index contributed by atoms with van der Waals surface area (Å²) in [6.45, 7) is 0.103. The third-order valence-corrected chi connectivity index (χ3v) is 8.61. The van der Waals surface area contributed by atoms with Crippen LogP contribution < -0.4 is 25.8 Å². The number of rotatable bonds is 4. The number of hydrogen-bond acceptors (Lipinski definition) is 9. The van der Waals surface area contributed by atoms with Gasteiger partial charge in [-0.15, -0.1) is 0 Å². The Balaban J connectivity index is 1.26. The Morgan fingerprint density at radius 3 is 2.70 bits per heavy atom. The van der Waals surface area contributed by atoms with Crippen molar-refractivity contribution in [3.8, 4) is 5.75 Å². The summed E-state index contributed by atoms with van der Waals surface area (Å²) in [5.74, 6) is -2.55. The van der Waals surface area contributed by atoms with Gasteiger partial charge in [0, 0.05) is 18.1 Å². The van der Waals surface area contributed by atoms with Crippen LogP contribution >= 0.6 is 11.6 Å². The van der Waals surface area contributed by atoms with Gasteiger partial charge in [-0.25, -0.2) is 13.8 Å². The zero-order chi connectivity index (χ0) is 27.8. The van der Waals surface area contributed by atoms with Crippen LogP contribution in [0.1, 0.15) is 25.7 Å². The van der Waals surface area contributed by atoms with Crippen LogP contribution in [0.25, 0.3) is 10.9 Å². The Labute approximate surface area is 233 Å². The lowest BCUT2D eigenvalue weighted by Gasteiger charge is -2.47. The Hall–Kier alpha value is -3.22. The summed E-state index contributed by atoms with van der Waals surface area (Å²) in [4.78, 5) is 24.3. The van der Waals surface area contributed by atoms with E-state index >= 15 is 0 Å². The first-order valence-electron chi connectivity index (χ1n) is 13.5. The van der Waals surface area contributed by atoms with Gasteiger partial charge in [0.1, 0.15) is 5.02 Å². The molecule has 0 radical (unpaired) electrons. The highest BCUT2D eigenvalue weighted by atomic mass is 35.5. The molecule has 212 valence electrons. The van der Waals surface area contributed by atoms with Gasteiger partial charge in [-0.05, 0) is 49.8 Å². The molecule has 1 saturated carbocycles. The molecule has 2 unspecified atom stereocenters. The van der Waals surface area contributed by atoms with E-state index in [1.807, 2.05) is 0 Å². The highest BCUT2D eigenvalue weighted by molar-refractivity contribution is 6.33.